The van der Waals surface area contributed by atoms with Gasteiger partial charge in [-0.25, -0.2) is 5.43 Å². The minimum Gasteiger partial charge on any atom is -0.508 e. The maximum atomic E-state index is 11.9. The van der Waals surface area contributed by atoms with Gasteiger partial charge in [0.2, 0.25) is 0 Å². The molecule has 0 spiro atoms. The van der Waals surface area contributed by atoms with Crippen LogP contribution in [0.2, 0.25) is 0 Å². The third kappa shape index (κ3) is 5.42. The van der Waals surface area contributed by atoms with Crippen LogP contribution in [0.5, 0.6) is 17.2 Å². The Balaban J connectivity index is 1.87. The number of hydrogen-bond donors (Lipinski definition) is 4. The molecule has 0 aromatic heterocycles. The molecule has 4 N–H and O–H groups in total. The Kier molecular flexibility index (Phi) is 6.22. The van der Waals surface area contributed by atoms with Crippen LogP contribution in [-0.4, -0.2) is 35.0 Å². The summed E-state index contributed by atoms with van der Waals surface area (Å²) in [4.78, 5) is 11.9. The number of phenolic OH excluding ortho intramolecular Hbond substituents is 2. The van der Waals surface area contributed by atoms with Crippen LogP contribution < -0.4 is 15.5 Å². The van der Waals surface area contributed by atoms with E-state index in [1.165, 1.54) is 18.2 Å². The Morgan fingerprint density at radius 2 is 1.88 bits per heavy atom. The standard InChI is InChI=1S/C18H21N3O4/c1-3-25-15-7-4-13(5-8-15)19-11-18(24)21-20-12(2)16-9-6-14(22)10-17(16)23/h4-10,19,22-23H,3,11H2,1-2H3,(H,21,24). The molecular formula is C18H21N3O4. The largest absolute Gasteiger partial charge is 0.508 e. The van der Waals surface area contributed by atoms with Gasteiger partial charge in [-0.3, -0.25) is 4.79 Å². The normalized spacial score (nSPS) is 11.0. The molecule has 7 heteroatoms. The lowest BCUT2D eigenvalue weighted by Gasteiger charge is -2.08. The molecule has 0 atom stereocenters. The maximum Gasteiger partial charge on any atom is 0.259 e. The van der Waals surface area contributed by atoms with Crippen LogP contribution in [0.15, 0.2) is 47.6 Å². The Morgan fingerprint density at radius 3 is 2.52 bits per heavy atom. The van der Waals surface area contributed by atoms with E-state index in [0.29, 0.717) is 17.9 Å². The number of phenols is 2. The fourth-order valence-corrected chi connectivity index (χ4v) is 2.09. The van der Waals surface area contributed by atoms with Gasteiger partial charge in [0.15, 0.2) is 0 Å². The molecule has 0 aliphatic rings. The Bertz CT molecular complexity index is 757. The van der Waals surface area contributed by atoms with Crippen molar-refractivity contribution in [3.8, 4) is 17.2 Å². The van der Waals surface area contributed by atoms with Crippen molar-refractivity contribution in [1.29, 1.82) is 0 Å². The fourth-order valence-electron chi connectivity index (χ4n) is 2.09. The van der Waals surface area contributed by atoms with Gasteiger partial charge in [0.25, 0.3) is 5.91 Å². The number of carbonyl (C=O) groups is 1. The van der Waals surface area contributed by atoms with Crippen LogP contribution in [0.3, 0.4) is 0 Å². The van der Waals surface area contributed by atoms with Gasteiger partial charge < -0.3 is 20.3 Å². The second-order valence-electron chi connectivity index (χ2n) is 5.24. The highest BCUT2D eigenvalue weighted by molar-refractivity contribution is 6.01. The summed E-state index contributed by atoms with van der Waals surface area (Å²) < 4.78 is 5.35. The summed E-state index contributed by atoms with van der Waals surface area (Å²) in [6.07, 6.45) is 0. The van der Waals surface area contributed by atoms with E-state index < -0.39 is 0 Å². The molecule has 2 aromatic rings. The molecule has 0 saturated carbocycles. The van der Waals surface area contributed by atoms with Crippen LogP contribution in [0.1, 0.15) is 19.4 Å². The Hall–Kier alpha value is -3.22. The van der Waals surface area contributed by atoms with E-state index in [-0.39, 0.29) is 24.0 Å². The molecule has 0 radical (unpaired) electrons. The van der Waals surface area contributed by atoms with Crippen molar-refractivity contribution in [3.05, 3.63) is 48.0 Å². The summed E-state index contributed by atoms with van der Waals surface area (Å²) in [5.74, 6) is 0.290. The van der Waals surface area contributed by atoms with Crippen LogP contribution >= 0.6 is 0 Å². The smallest absolute Gasteiger partial charge is 0.259 e. The molecule has 0 heterocycles. The van der Waals surface area contributed by atoms with Gasteiger partial charge >= 0.3 is 0 Å². The van der Waals surface area contributed by atoms with E-state index >= 15 is 0 Å². The average Bonchev–Trinajstić information content (AvgIpc) is 2.59. The van der Waals surface area contributed by atoms with Gasteiger partial charge in [-0.1, -0.05) is 0 Å². The van der Waals surface area contributed by atoms with Crippen molar-refractivity contribution >= 4 is 17.3 Å². The third-order valence-electron chi connectivity index (χ3n) is 3.34. The van der Waals surface area contributed by atoms with Gasteiger partial charge in [0.1, 0.15) is 17.2 Å². The van der Waals surface area contributed by atoms with Crippen LogP contribution in [0.25, 0.3) is 0 Å². The van der Waals surface area contributed by atoms with E-state index in [2.05, 4.69) is 15.8 Å². The maximum absolute atomic E-state index is 11.9. The molecule has 7 nitrogen and oxygen atoms in total. The number of hydrazone groups is 1. The number of nitrogens with one attached hydrogen (secondary N) is 2. The lowest BCUT2D eigenvalue weighted by Crippen LogP contribution is -2.26. The Labute approximate surface area is 146 Å². The topological polar surface area (TPSA) is 103 Å². The molecule has 25 heavy (non-hydrogen) atoms. The minimum atomic E-state index is -0.327. The number of rotatable bonds is 7. The lowest BCUT2D eigenvalue weighted by atomic mass is 10.1. The predicted molar refractivity (Wildman–Crippen MR) is 96.2 cm³/mol. The van der Waals surface area contributed by atoms with E-state index in [1.807, 2.05) is 31.2 Å². The van der Waals surface area contributed by atoms with Gasteiger partial charge in [0, 0.05) is 17.3 Å². The van der Waals surface area contributed by atoms with Gasteiger partial charge in [-0.05, 0) is 50.2 Å². The zero-order chi connectivity index (χ0) is 18.2. The monoisotopic (exact) mass is 343 g/mol. The highest BCUT2D eigenvalue weighted by atomic mass is 16.5. The number of anilines is 1. The van der Waals surface area contributed by atoms with Crippen molar-refractivity contribution in [2.75, 3.05) is 18.5 Å². The zero-order valence-corrected chi connectivity index (χ0v) is 14.1. The third-order valence-corrected chi connectivity index (χ3v) is 3.34. The molecule has 0 aliphatic heterocycles. The second-order valence-corrected chi connectivity index (χ2v) is 5.24. The van der Waals surface area contributed by atoms with Crippen LogP contribution in [-0.2, 0) is 4.79 Å². The summed E-state index contributed by atoms with van der Waals surface area (Å²) in [5, 5.41) is 26.0. The number of ether oxygens (including phenoxy) is 1. The van der Waals surface area contributed by atoms with Crippen LogP contribution in [0.4, 0.5) is 5.69 Å². The van der Waals surface area contributed by atoms with Crippen LogP contribution in [0, 0.1) is 0 Å². The van der Waals surface area contributed by atoms with Crippen molar-refractivity contribution in [1.82, 2.24) is 5.43 Å². The summed E-state index contributed by atoms with van der Waals surface area (Å²) in [6, 6.07) is 11.4. The number of aromatic hydroxyl groups is 2. The Morgan fingerprint density at radius 1 is 1.16 bits per heavy atom. The number of carbonyl (C=O) groups excluding carboxylic acids is 1. The highest BCUT2D eigenvalue weighted by Crippen LogP contribution is 2.22. The first-order valence-corrected chi connectivity index (χ1v) is 7.81. The molecule has 0 saturated heterocycles. The van der Waals surface area contributed by atoms with Crippen molar-refractivity contribution < 1.29 is 19.7 Å². The molecule has 1 amide bonds. The summed E-state index contributed by atoms with van der Waals surface area (Å²) in [7, 11) is 0. The van der Waals surface area contributed by atoms with Gasteiger partial charge in [-0.15, -0.1) is 0 Å². The first-order valence-electron chi connectivity index (χ1n) is 7.81. The van der Waals surface area contributed by atoms with Gasteiger partial charge in [0.05, 0.1) is 18.9 Å². The fraction of sp³-hybridized carbons (Fsp3) is 0.222. The van der Waals surface area contributed by atoms with E-state index in [9.17, 15) is 15.0 Å². The average molecular weight is 343 g/mol. The highest BCUT2D eigenvalue weighted by Gasteiger charge is 2.07. The first-order chi connectivity index (χ1) is 12.0. The van der Waals surface area contributed by atoms with Gasteiger partial charge in [-0.2, -0.15) is 5.10 Å². The molecular weight excluding hydrogens is 322 g/mol. The number of amides is 1. The molecule has 0 bridgehead atoms. The number of hydrogen-bond acceptors (Lipinski definition) is 6. The summed E-state index contributed by atoms with van der Waals surface area (Å²) in [5.41, 5.74) is 4.05. The summed E-state index contributed by atoms with van der Waals surface area (Å²) >= 11 is 0. The van der Waals surface area contributed by atoms with Crippen molar-refractivity contribution in [2.45, 2.75) is 13.8 Å². The second kappa shape index (κ2) is 8.58. The quantitative estimate of drug-likeness (QED) is 0.457. The van der Waals surface area contributed by atoms with E-state index in [4.69, 9.17) is 4.74 Å². The summed E-state index contributed by atoms with van der Waals surface area (Å²) in [6.45, 7) is 4.21. The lowest BCUT2D eigenvalue weighted by molar-refractivity contribution is -0.119. The molecule has 2 aromatic carbocycles. The number of benzene rings is 2. The predicted octanol–water partition coefficient (Wildman–Crippen LogP) is 2.45. The first kappa shape index (κ1) is 18.1. The van der Waals surface area contributed by atoms with Crippen molar-refractivity contribution in [2.24, 2.45) is 5.10 Å². The SMILES string of the molecule is CCOc1ccc(NCC(=O)NN=C(C)c2ccc(O)cc2O)cc1. The molecule has 2 rings (SSSR count). The molecule has 132 valence electrons. The minimum absolute atomic E-state index is 0.0439. The zero-order valence-electron chi connectivity index (χ0n) is 14.1. The molecule has 0 unspecified atom stereocenters. The molecule has 0 fully saturated rings. The van der Waals surface area contributed by atoms with E-state index in [1.54, 1.807) is 6.92 Å². The molecule has 0 aliphatic carbocycles. The van der Waals surface area contributed by atoms with Crippen molar-refractivity contribution in [3.63, 3.8) is 0 Å². The van der Waals surface area contributed by atoms with E-state index in [0.717, 1.165) is 11.4 Å². The number of nitrogens with zero attached hydrogens (tertiary/aromatic N) is 1.